The van der Waals surface area contributed by atoms with E-state index in [1.807, 2.05) is 10.8 Å². The van der Waals surface area contributed by atoms with Crippen molar-refractivity contribution in [3.05, 3.63) is 18.2 Å². The van der Waals surface area contributed by atoms with E-state index in [9.17, 15) is 4.79 Å². The summed E-state index contributed by atoms with van der Waals surface area (Å²) >= 11 is 0. The fourth-order valence-corrected chi connectivity index (χ4v) is 2.44. The van der Waals surface area contributed by atoms with Gasteiger partial charge in [-0.1, -0.05) is 20.8 Å². The molecule has 0 aliphatic heterocycles. The van der Waals surface area contributed by atoms with Crippen LogP contribution in [0.1, 0.15) is 57.1 Å². The lowest BCUT2D eigenvalue weighted by molar-refractivity contribution is 0.0954. The highest BCUT2D eigenvalue weighted by atomic mass is 16.1. The van der Waals surface area contributed by atoms with Crippen LogP contribution in [0.15, 0.2) is 12.4 Å². The smallest absolute Gasteiger partial charge is 0.198 e. The number of carbonyl (C=O) groups excluding carboxylic acids is 1. The second-order valence-electron chi connectivity index (χ2n) is 5.49. The summed E-state index contributed by atoms with van der Waals surface area (Å²) in [5, 5.41) is 0. The summed E-state index contributed by atoms with van der Waals surface area (Å²) < 4.78 is 1.95. The first kappa shape index (κ1) is 15.9. The maximum atomic E-state index is 12.2. The molecule has 0 amide bonds. The van der Waals surface area contributed by atoms with Crippen molar-refractivity contribution >= 4 is 5.78 Å². The van der Waals surface area contributed by atoms with E-state index in [1.54, 1.807) is 6.20 Å². The van der Waals surface area contributed by atoms with E-state index in [1.165, 1.54) is 0 Å². The number of ketones is 1. The molecule has 1 rings (SSSR count). The number of Topliss-reactive ketones (excluding diaryl/α,β-unsaturated/α-hetero) is 1. The number of aryl methyl sites for hydroxylation is 1. The minimum atomic E-state index is 0.154. The topological polar surface area (TPSA) is 60.9 Å². The molecule has 0 aliphatic carbocycles. The van der Waals surface area contributed by atoms with E-state index in [0.717, 1.165) is 25.8 Å². The van der Waals surface area contributed by atoms with Crippen LogP contribution in [0, 0.1) is 11.8 Å². The molecule has 1 aromatic heterocycles. The summed E-state index contributed by atoms with van der Waals surface area (Å²) in [6.45, 7) is 8.05. The molecule has 1 aromatic rings. The van der Waals surface area contributed by atoms with Gasteiger partial charge in [0.1, 0.15) is 0 Å². The van der Waals surface area contributed by atoms with Gasteiger partial charge in [0.2, 0.25) is 0 Å². The van der Waals surface area contributed by atoms with E-state index in [-0.39, 0.29) is 5.78 Å². The lowest BCUT2D eigenvalue weighted by Crippen LogP contribution is -2.17. The highest BCUT2D eigenvalue weighted by Gasteiger charge is 2.17. The van der Waals surface area contributed by atoms with Gasteiger partial charge < -0.3 is 10.3 Å². The highest BCUT2D eigenvalue weighted by Crippen LogP contribution is 2.21. The van der Waals surface area contributed by atoms with Crippen molar-refractivity contribution in [1.29, 1.82) is 0 Å². The Morgan fingerprint density at radius 1 is 1.42 bits per heavy atom. The van der Waals surface area contributed by atoms with Crippen molar-refractivity contribution in [2.24, 2.45) is 17.6 Å². The fraction of sp³-hybridized carbons (Fsp3) is 0.733. The molecule has 19 heavy (non-hydrogen) atoms. The van der Waals surface area contributed by atoms with Crippen molar-refractivity contribution in [2.45, 2.75) is 53.0 Å². The van der Waals surface area contributed by atoms with E-state index in [4.69, 9.17) is 5.73 Å². The molecule has 0 aliphatic rings. The van der Waals surface area contributed by atoms with Crippen LogP contribution in [-0.2, 0) is 6.54 Å². The molecule has 1 heterocycles. The Morgan fingerprint density at radius 2 is 2.16 bits per heavy atom. The van der Waals surface area contributed by atoms with Gasteiger partial charge in [0.25, 0.3) is 0 Å². The average Bonchev–Trinajstić information content (AvgIpc) is 2.82. The lowest BCUT2D eigenvalue weighted by Gasteiger charge is -2.19. The summed E-state index contributed by atoms with van der Waals surface area (Å²) in [5.74, 6) is 1.87. The third-order valence-corrected chi connectivity index (χ3v) is 3.65. The molecule has 4 heteroatoms. The van der Waals surface area contributed by atoms with Crippen LogP contribution in [0.3, 0.4) is 0 Å². The molecule has 1 unspecified atom stereocenters. The maximum absolute atomic E-state index is 12.2. The summed E-state index contributed by atoms with van der Waals surface area (Å²) in [4.78, 5) is 16.4. The van der Waals surface area contributed by atoms with Gasteiger partial charge in [0.05, 0.1) is 0 Å². The molecule has 4 nitrogen and oxygen atoms in total. The first-order chi connectivity index (χ1) is 9.10. The average molecular weight is 265 g/mol. The Hall–Kier alpha value is -1.16. The second kappa shape index (κ2) is 8.10. The Bertz CT molecular complexity index is 384. The molecular formula is C15H27N3O. The van der Waals surface area contributed by atoms with Crippen molar-refractivity contribution < 1.29 is 4.79 Å². The van der Waals surface area contributed by atoms with Crippen molar-refractivity contribution in [3.63, 3.8) is 0 Å². The Balaban J connectivity index is 2.56. The number of aromatic nitrogens is 2. The first-order valence-electron chi connectivity index (χ1n) is 7.34. The molecule has 1 atom stereocenters. The fourth-order valence-electron chi connectivity index (χ4n) is 2.44. The number of imidazole rings is 1. The largest absolute Gasteiger partial charge is 0.330 e. The van der Waals surface area contributed by atoms with E-state index >= 15 is 0 Å². The van der Waals surface area contributed by atoms with Gasteiger partial charge >= 0.3 is 0 Å². The van der Waals surface area contributed by atoms with Gasteiger partial charge in [-0.15, -0.1) is 0 Å². The van der Waals surface area contributed by atoms with E-state index in [2.05, 4.69) is 25.8 Å². The monoisotopic (exact) mass is 265 g/mol. The summed E-state index contributed by atoms with van der Waals surface area (Å²) in [6.07, 6.45) is 7.09. The zero-order chi connectivity index (χ0) is 14.3. The number of nitrogens with two attached hydrogens (primary N) is 1. The summed E-state index contributed by atoms with van der Waals surface area (Å²) in [5.41, 5.74) is 5.63. The van der Waals surface area contributed by atoms with E-state index < -0.39 is 0 Å². The zero-order valence-corrected chi connectivity index (χ0v) is 12.4. The minimum Gasteiger partial charge on any atom is -0.330 e. The molecule has 0 aromatic carbocycles. The zero-order valence-electron chi connectivity index (χ0n) is 12.4. The van der Waals surface area contributed by atoms with Crippen LogP contribution in [0.25, 0.3) is 0 Å². The standard InChI is InChI=1S/C15H27N3O/c1-4-10-18-11-9-17-15(18)14(19)6-5-13(7-8-16)12(2)3/h9,11-13H,4-8,10,16H2,1-3H3. The van der Waals surface area contributed by atoms with Crippen LogP contribution < -0.4 is 5.73 Å². The van der Waals surface area contributed by atoms with Crippen LogP contribution in [-0.4, -0.2) is 21.9 Å². The van der Waals surface area contributed by atoms with Gasteiger partial charge in [-0.2, -0.15) is 0 Å². The molecule has 0 saturated carbocycles. The minimum absolute atomic E-state index is 0.154. The third kappa shape index (κ3) is 4.78. The molecule has 108 valence electrons. The van der Waals surface area contributed by atoms with Gasteiger partial charge in [-0.25, -0.2) is 4.98 Å². The maximum Gasteiger partial charge on any atom is 0.198 e. The number of hydrogen-bond acceptors (Lipinski definition) is 3. The van der Waals surface area contributed by atoms with Crippen molar-refractivity contribution in [2.75, 3.05) is 6.54 Å². The Kier molecular flexibility index (Phi) is 6.78. The van der Waals surface area contributed by atoms with Gasteiger partial charge in [0.15, 0.2) is 11.6 Å². The molecule has 0 fully saturated rings. The third-order valence-electron chi connectivity index (χ3n) is 3.65. The number of nitrogens with zero attached hydrogens (tertiary/aromatic N) is 2. The summed E-state index contributed by atoms with van der Waals surface area (Å²) in [7, 11) is 0. The molecule has 0 radical (unpaired) electrons. The predicted molar refractivity (Wildman–Crippen MR) is 78.1 cm³/mol. The Morgan fingerprint density at radius 3 is 2.74 bits per heavy atom. The van der Waals surface area contributed by atoms with Crippen LogP contribution in [0.4, 0.5) is 0 Å². The number of hydrogen-bond donors (Lipinski definition) is 1. The van der Waals surface area contributed by atoms with Crippen LogP contribution in [0.2, 0.25) is 0 Å². The highest BCUT2D eigenvalue weighted by molar-refractivity contribution is 5.92. The number of rotatable bonds is 9. The van der Waals surface area contributed by atoms with E-state index in [0.29, 0.717) is 30.6 Å². The van der Waals surface area contributed by atoms with Gasteiger partial charge in [-0.05, 0) is 37.6 Å². The van der Waals surface area contributed by atoms with Gasteiger partial charge in [-0.3, -0.25) is 4.79 Å². The number of carbonyl (C=O) groups is 1. The summed E-state index contributed by atoms with van der Waals surface area (Å²) in [6, 6.07) is 0. The Labute approximate surface area is 116 Å². The first-order valence-corrected chi connectivity index (χ1v) is 7.34. The molecule has 0 bridgehead atoms. The van der Waals surface area contributed by atoms with Crippen LogP contribution >= 0.6 is 0 Å². The normalized spacial score (nSPS) is 12.9. The van der Waals surface area contributed by atoms with Gasteiger partial charge in [0, 0.05) is 25.4 Å². The van der Waals surface area contributed by atoms with Crippen molar-refractivity contribution in [3.8, 4) is 0 Å². The van der Waals surface area contributed by atoms with Crippen LogP contribution in [0.5, 0.6) is 0 Å². The molecular weight excluding hydrogens is 238 g/mol. The SMILES string of the molecule is CCCn1ccnc1C(=O)CCC(CCN)C(C)C. The molecule has 0 saturated heterocycles. The predicted octanol–water partition coefficient (Wildman–Crippen LogP) is 2.88. The quantitative estimate of drug-likeness (QED) is 0.698. The molecule has 2 N–H and O–H groups in total. The second-order valence-corrected chi connectivity index (χ2v) is 5.49. The molecule has 0 spiro atoms. The lowest BCUT2D eigenvalue weighted by atomic mass is 9.87. The van der Waals surface area contributed by atoms with Crippen molar-refractivity contribution in [1.82, 2.24) is 9.55 Å².